The lowest BCUT2D eigenvalue weighted by molar-refractivity contribution is 0.388. The highest BCUT2D eigenvalue weighted by Crippen LogP contribution is 2.31. The molecule has 1 fully saturated rings. The number of halogens is 1. The fourth-order valence-electron chi connectivity index (χ4n) is 2.72. The summed E-state index contributed by atoms with van der Waals surface area (Å²) in [5.41, 5.74) is 1.06. The van der Waals surface area contributed by atoms with Crippen LogP contribution in [0.3, 0.4) is 0 Å². The van der Waals surface area contributed by atoms with Crippen LogP contribution in [0.5, 0.6) is 0 Å². The van der Waals surface area contributed by atoms with Crippen molar-refractivity contribution in [2.45, 2.75) is 31.7 Å². The number of benzene rings is 1. The molecule has 4 nitrogen and oxygen atoms in total. The van der Waals surface area contributed by atoms with E-state index in [2.05, 4.69) is 35.1 Å². The van der Waals surface area contributed by atoms with Crippen molar-refractivity contribution >= 4 is 26.0 Å². The average Bonchev–Trinajstić information content (AvgIpc) is 2.89. The summed E-state index contributed by atoms with van der Waals surface area (Å²) < 4.78 is 27.8. The van der Waals surface area contributed by atoms with Gasteiger partial charge in [-0.3, -0.25) is 0 Å². The van der Waals surface area contributed by atoms with E-state index in [0.29, 0.717) is 34.3 Å². The molecule has 6 heteroatoms. The number of nitrogens with zero attached hydrogens (tertiary/aromatic N) is 1. The van der Waals surface area contributed by atoms with E-state index < -0.39 is 10.0 Å². The van der Waals surface area contributed by atoms with Crippen LogP contribution in [0.2, 0.25) is 0 Å². The first kappa shape index (κ1) is 16.9. The Morgan fingerprint density at radius 3 is 2.67 bits per heavy atom. The SMILES string of the molecule is CNCc1ccc(S(=O)(=O)N2CCC(C(C)C)C2)c(Br)c1. The van der Waals surface area contributed by atoms with Gasteiger partial charge in [0.15, 0.2) is 0 Å². The second-order valence-electron chi connectivity index (χ2n) is 5.95. The quantitative estimate of drug-likeness (QED) is 0.861. The summed E-state index contributed by atoms with van der Waals surface area (Å²) in [6.45, 7) is 6.28. The summed E-state index contributed by atoms with van der Waals surface area (Å²) >= 11 is 3.41. The maximum absolute atomic E-state index is 12.8. The summed E-state index contributed by atoms with van der Waals surface area (Å²) in [7, 11) is -1.53. The molecule has 1 N–H and O–H groups in total. The van der Waals surface area contributed by atoms with Crippen molar-refractivity contribution in [1.82, 2.24) is 9.62 Å². The lowest BCUT2D eigenvalue weighted by atomic mass is 9.96. The molecule has 1 heterocycles. The van der Waals surface area contributed by atoms with Crippen LogP contribution >= 0.6 is 15.9 Å². The van der Waals surface area contributed by atoms with Gasteiger partial charge in [0.2, 0.25) is 10.0 Å². The molecule has 118 valence electrons. The van der Waals surface area contributed by atoms with Gasteiger partial charge in [0.05, 0.1) is 4.90 Å². The van der Waals surface area contributed by atoms with Crippen molar-refractivity contribution in [3.8, 4) is 0 Å². The van der Waals surface area contributed by atoms with Gasteiger partial charge in [-0.15, -0.1) is 0 Å². The Morgan fingerprint density at radius 1 is 1.43 bits per heavy atom. The van der Waals surface area contributed by atoms with Crippen molar-refractivity contribution in [3.63, 3.8) is 0 Å². The monoisotopic (exact) mass is 374 g/mol. The van der Waals surface area contributed by atoms with Crippen LogP contribution in [0.4, 0.5) is 0 Å². The van der Waals surface area contributed by atoms with Crippen LogP contribution in [-0.4, -0.2) is 32.9 Å². The zero-order valence-electron chi connectivity index (χ0n) is 12.8. The molecule has 0 saturated carbocycles. The van der Waals surface area contributed by atoms with E-state index >= 15 is 0 Å². The van der Waals surface area contributed by atoms with Crippen LogP contribution in [0.15, 0.2) is 27.6 Å². The minimum Gasteiger partial charge on any atom is -0.316 e. The molecule has 0 radical (unpaired) electrons. The van der Waals surface area contributed by atoms with Gasteiger partial charge >= 0.3 is 0 Å². The lowest BCUT2D eigenvalue weighted by Gasteiger charge is -2.19. The van der Waals surface area contributed by atoms with E-state index in [1.807, 2.05) is 19.2 Å². The Morgan fingerprint density at radius 2 is 2.14 bits per heavy atom. The van der Waals surface area contributed by atoms with Gasteiger partial charge in [-0.25, -0.2) is 8.42 Å². The Bertz CT molecular complexity index is 602. The summed E-state index contributed by atoms with van der Waals surface area (Å²) in [4.78, 5) is 0.367. The predicted molar refractivity (Wildman–Crippen MR) is 88.6 cm³/mol. The third-order valence-corrected chi connectivity index (χ3v) is 6.97. The lowest BCUT2D eigenvalue weighted by Crippen LogP contribution is -2.29. The van der Waals surface area contributed by atoms with Crippen LogP contribution in [0, 0.1) is 11.8 Å². The molecule has 1 aromatic rings. The zero-order chi connectivity index (χ0) is 15.6. The number of rotatable bonds is 5. The zero-order valence-corrected chi connectivity index (χ0v) is 15.2. The molecule has 0 aromatic heterocycles. The molecule has 1 aliphatic rings. The average molecular weight is 375 g/mol. The van der Waals surface area contributed by atoms with E-state index in [1.54, 1.807) is 10.4 Å². The summed E-state index contributed by atoms with van der Waals surface area (Å²) in [6, 6.07) is 5.44. The summed E-state index contributed by atoms with van der Waals surface area (Å²) in [5.74, 6) is 0.980. The van der Waals surface area contributed by atoms with Crippen molar-refractivity contribution in [1.29, 1.82) is 0 Å². The molecule has 1 atom stereocenters. The van der Waals surface area contributed by atoms with Gasteiger partial charge < -0.3 is 5.32 Å². The summed E-state index contributed by atoms with van der Waals surface area (Å²) in [6.07, 6.45) is 0.951. The predicted octanol–water partition coefficient (Wildman–Crippen LogP) is 2.84. The first-order valence-electron chi connectivity index (χ1n) is 7.29. The van der Waals surface area contributed by atoms with Crippen LogP contribution in [-0.2, 0) is 16.6 Å². The Hall–Kier alpha value is -0.430. The number of nitrogens with one attached hydrogen (secondary N) is 1. The van der Waals surface area contributed by atoms with E-state index in [-0.39, 0.29) is 0 Å². The number of sulfonamides is 1. The molecule has 0 spiro atoms. The van der Waals surface area contributed by atoms with Gasteiger partial charge in [0.1, 0.15) is 0 Å². The summed E-state index contributed by atoms with van der Waals surface area (Å²) in [5, 5.41) is 3.06. The van der Waals surface area contributed by atoms with Gasteiger partial charge in [0, 0.05) is 24.1 Å². The Kier molecular flexibility index (Phi) is 5.46. The largest absolute Gasteiger partial charge is 0.316 e. The Labute approximate surface area is 136 Å². The van der Waals surface area contributed by atoms with Crippen LogP contribution in [0.1, 0.15) is 25.8 Å². The van der Waals surface area contributed by atoms with Crippen molar-refractivity contribution < 1.29 is 8.42 Å². The fourth-order valence-corrected chi connectivity index (χ4v) is 5.32. The third-order valence-electron chi connectivity index (χ3n) is 4.13. The highest BCUT2D eigenvalue weighted by atomic mass is 79.9. The minimum absolute atomic E-state index is 0.367. The number of hydrogen-bond donors (Lipinski definition) is 1. The fraction of sp³-hybridized carbons (Fsp3) is 0.600. The molecular formula is C15H23BrN2O2S. The van der Waals surface area contributed by atoms with Gasteiger partial charge in [0.25, 0.3) is 0 Å². The molecule has 1 aliphatic heterocycles. The van der Waals surface area contributed by atoms with E-state index in [1.165, 1.54) is 0 Å². The normalized spacial score (nSPS) is 20.3. The smallest absolute Gasteiger partial charge is 0.244 e. The third kappa shape index (κ3) is 3.67. The maximum atomic E-state index is 12.8. The van der Waals surface area contributed by atoms with Crippen molar-refractivity contribution in [3.05, 3.63) is 28.2 Å². The highest BCUT2D eigenvalue weighted by Gasteiger charge is 2.34. The molecule has 0 amide bonds. The van der Waals surface area contributed by atoms with E-state index in [9.17, 15) is 8.42 Å². The molecule has 21 heavy (non-hydrogen) atoms. The standard InChI is InChI=1S/C15H23BrN2O2S/c1-11(2)13-6-7-18(10-13)21(19,20)15-5-4-12(9-17-3)8-14(15)16/h4-5,8,11,13,17H,6-7,9-10H2,1-3H3. The molecule has 1 saturated heterocycles. The molecule has 0 bridgehead atoms. The molecule has 1 aromatic carbocycles. The van der Waals surface area contributed by atoms with E-state index in [0.717, 1.165) is 18.5 Å². The van der Waals surface area contributed by atoms with E-state index in [4.69, 9.17) is 0 Å². The molecule has 1 unspecified atom stereocenters. The van der Waals surface area contributed by atoms with Crippen molar-refractivity contribution in [2.75, 3.05) is 20.1 Å². The second kappa shape index (κ2) is 6.77. The van der Waals surface area contributed by atoms with Crippen LogP contribution in [0.25, 0.3) is 0 Å². The highest BCUT2D eigenvalue weighted by molar-refractivity contribution is 9.10. The molecule has 2 rings (SSSR count). The topological polar surface area (TPSA) is 49.4 Å². The molecular weight excluding hydrogens is 352 g/mol. The first-order chi connectivity index (χ1) is 9.86. The van der Waals surface area contributed by atoms with Gasteiger partial charge in [-0.2, -0.15) is 4.31 Å². The Balaban J connectivity index is 2.24. The second-order valence-corrected chi connectivity index (χ2v) is 8.71. The first-order valence-corrected chi connectivity index (χ1v) is 9.52. The minimum atomic E-state index is -3.40. The van der Waals surface area contributed by atoms with Gasteiger partial charge in [-0.1, -0.05) is 19.9 Å². The van der Waals surface area contributed by atoms with Crippen LogP contribution < -0.4 is 5.32 Å². The van der Waals surface area contributed by atoms with Gasteiger partial charge in [-0.05, 0) is 58.9 Å². The molecule has 0 aliphatic carbocycles. The maximum Gasteiger partial charge on any atom is 0.244 e. The van der Waals surface area contributed by atoms with Crippen molar-refractivity contribution in [2.24, 2.45) is 11.8 Å². The number of hydrogen-bond acceptors (Lipinski definition) is 3.